The van der Waals surface area contributed by atoms with Crippen molar-refractivity contribution in [2.75, 3.05) is 0 Å². The summed E-state index contributed by atoms with van der Waals surface area (Å²) < 4.78 is 0. The van der Waals surface area contributed by atoms with Gasteiger partial charge in [0.25, 0.3) is 0 Å². The molecule has 19 heavy (non-hydrogen) atoms. The molecule has 0 saturated heterocycles. The number of carboxylic acid groups (broad SMARTS) is 1. The van der Waals surface area contributed by atoms with Crippen LogP contribution in [0.4, 0.5) is 0 Å². The molecule has 1 saturated carbocycles. The van der Waals surface area contributed by atoms with Crippen LogP contribution in [-0.4, -0.2) is 35.0 Å². The molecular formula is C12H21N3O4. The van der Waals surface area contributed by atoms with E-state index in [9.17, 15) is 14.4 Å². The van der Waals surface area contributed by atoms with Crippen molar-refractivity contribution < 1.29 is 19.5 Å². The smallest absolute Gasteiger partial charge is 0.326 e. The molecule has 1 rings (SSSR count). The highest BCUT2D eigenvalue weighted by atomic mass is 16.4. The fourth-order valence-corrected chi connectivity index (χ4v) is 2.30. The Labute approximate surface area is 111 Å². The van der Waals surface area contributed by atoms with Gasteiger partial charge in [-0.05, 0) is 25.7 Å². The van der Waals surface area contributed by atoms with Crippen LogP contribution in [0.5, 0.6) is 0 Å². The SMILES string of the molecule is NC(=O)CC[C@@H](NC(=O)C1CCCC(N)C1)C(=O)O. The van der Waals surface area contributed by atoms with Crippen molar-refractivity contribution in [2.45, 2.75) is 50.6 Å². The lowest BCUT2D eigenvalue weighted by Gasteiger charge is -2.26. The Morgan fingerprint density at radius 1 is 1.32 bits per heavy atom. The first-order valence-corrected chi connectivity index (χ1v) is 6.47. The van der Waals surface area contributed by atoms with E-state index >= 15 is 0 Å². The maximum atomic E-state index is 12.0. The molecular weight excluding hydrogens is 250 g/mol. The molecule has 1 aliphatic rings. The van der Waals surface area contributed by atoms with E-state index in [1.807, 2.05) is 0 Å². The molecule has 1 aliphatic carbocycles. The van der Waals surface area contributed by atoms with Crippen LogP contribution in [0.2, 0.25) is 0 Å². The number of nitrogens with two attached hydrogens (primary N) is 2. The molecule has 1 fully saturated rings. The molecule has 3 atom stereocenters. The molecule has 0 spiro atoms. The van der Waals surface area contributed by atoms with Crippen LogP contribution in [0.1, 0.15) is 38.5 Å². The van der Waals surface area contributed by atoms with Crippen LogP contribution in [0.3, 0.4) is 0 Å². The average molecular weight is 271 g/mol. The van der Waals surface area contributed by atoms with E-state index in [2.05, 4.69) is 5.32 Å². The van der Waals surface area contributed by atoms with Gasteiger partial charge in [-0.3, -0.25) is 9.59 Å². The van der Waals surface area contributed by atoms with Crippen molar-refractivity contribution in [3.8, 4) is 0 Å². The van der Waals surface area contributed by atoms with Crippen LogP contribution in [-0.2, 0) is 14.4 Å². The Kier molecular flexibility index (Phi) is 5.75. The normalized spacial score (nSPS) is 24.5. The van der Waals surface area contributed by atoms with Gasteiger partial charge in [0.15, 0.2) is 0 Å². The number of amides is 2. The van der Waals surface area contributed by atoms with E-state index in [4.69, 9.17) is 16.6 Å². The largest absolute Gasteiger partial charge is 0.480 e. The summed E-state index contributed by atoms with van der Waals surface area (Å²) in [5, 5.41) is 11.5. The minimum absolute atomic E-state index is 0.00148. The summed E-state index contributed by atoms with van der Waals surface area (Å²) >= 11 is 0. The highest BCUT2D eigenvalue weighted by molar-refractivity contribution is 5.85. The predicted octanol–water partition coefficient (Wildman–Crippen LogP) is -0.661. The Balaban J connectivity index is 2.50. The summed E-state index contributed by atoms with van der Waals surface area (Å²) in [5.41, 5.74) is 10.8. The van der Waals surface area contributed by atoms with Gasteiger partial charge >= 0.3 is 5.97 Å². The predicted molar refractivity (Wildman–Crippen MR) is 67.9 cm³/mol. The Bertz CT molecular complexity index is 359. The fourth-order valence-electron chi connectivity index (χ4n) is 2.30. The zero-order chi connectivity index (χ0) is 14.4. The quantitative estimate of drug-likeness (QED) is 0.508. The first-order valence-electron chi connectivity index (χ1n) is 6.47. The molecule has 7 heteroatoms. The maximum absolute atomic E-state index is 12.0. The average Bonchev–Trinajstić information content (AvgIpc) is 2.33. The first kappa shape index (κ1) is 15.4. The van der Waals surface area contributed by atoms with E-state index in [0.29, 0.717) is 6.42 Å². The van der Waals surface area contributed by atoms with Crippen molar-refractivity contribution in [2.24, 2.45) is 17.4 Å². The van der Waals surface area contributed by atoms with Gasteiger partial charge in [0.2, 0.25) is 11.8 Å². The maximum Gasteiger partial charge on any atom is 0.326 e. The number of aliphatic carboxylic acids is 1. The topological polar surface area (TPSA) is 136 Å². The number of primary amides is 1. The molecule has 108 valence electrons. The van der Waals surface area contributed by atoms with Crippen LogP contribution in [0.15, 0.2) is 0 Å². The fraction of sp³-hybridized carbons (Fsp3) is 0.750. The lowest BCUT2D eigenvalue weighted by molar-refractivity contribution is -0.143. The van der Waals surface area contributed by atoms with Crippen molar-refractivity contribution in [1.29, 1.82) is 0 Å². The standard InChI is InChI=1S/C12H21N3O4/c13-8-3-1-2-7(6-8)11(17)15-9(12(18)19)4-5-10(14)16/h7-9H,1-6,13H2,(H2,14,16)(H,15,17)(H,18,19)/t7?,8?,9-/m1/s1. The Morgan fingerprint density at radius 2 is 2.00 bits per heavy atom. The van der Waals surface area contributed by atoms with Gasteiger partial charge in [-0.2, -0.15) is 0 Å². The van der Waals surface area contributed by atoms with E-state index in [0.717, 1.165) is 19.3 Å². The third kappa shape index (κ3) is 5.25. The summed E-state index contributed by atoms with van der Waals surface area (Å²) in [5.74, 6) is -2.28. The van der Waals surface area contributed by atoms with Crippen molar-refractivity contribution in [3.05, 3.63) is 0 Å². The van der Waals surface area contributed by atoms with Gasteiger partial charge in [0.05, 0.1) is 0 Å². The van der Waals surface area contributed by atoms with Gasteiger partial charge in [0, 0.05) is 18.4 Å². The molecule has 0 aromatic heterocycles. The number of carbonyl (C=O) groups is 3. The number of rotatable bonds is 6. The number of hydrogen-bond donors (Lipinski definition) is 4. The molecule has 0 bridgehead atoms. The summed E-state index contributed by atoms with van der Waals surface area (Å²) in [6.45, 7) is 0. The van der Waals surface area contributed by atoms with Gasteiger partial charge in [0.1, 0.15) is 6.04 Å². The van der Waals surface area contributed by atoms with Gasteiger partial charge in [-0.1, -0.05) is 6.42 Å². The summed E-state index contributed by atoms with van der Waals surface area (Å²) in [7, 11) is 0. The van der Waals surface area contributed by atoms with Crippen LogP contribution in [0.25, 0.3) is 0 Å². The van der Waals surface area contributed by atoms with Crippen LogP contribution >= 0.6 is 0 Å². The van der Waals surface area contributed by atoms with E-state index < -0.39 is 17.9 Å². The molecule has 0 aromatic rings. The van der Waals surface area contributed by atoms with Crippen molar-refractivity contribution in [3.63, 3.8) is 0 Å². The lowest BCUT2D eigenvalue weighted by atomic mass is 9.85. The number of nitrogens with one attached hydrogen (secondary N) is 1. The summed E-state index contributed by atoms with van der Waals surface area (Å²) in [6, 6.07) is -1.07. The van der Waals surface area contributed by atoms with Gasteiger partial charge < -0.3 is 21.9 Å². The lowest BCUT2D eigenvalue weighted by Crippen LogP contribution is -2.46. The minimum atomic E-state index is -1.16. The third-order valence-corrected chi connectivity index (χ3v) is 3.38. The van der Waals surface area contributed by atoms with Crippen molar-refractivity contribution >= 4 is 17.8 Å². The van der Waals surface area contributed by atoms with E-state index in [1.54, 1.807) is 0 Å². The number of carbonyl (C=O) groups excluding carboxylic acids is 2. The molecule has 2 unspecified atom stereocenters. The van der Waals surface area contributed by atoms with Gasteiger partial charge in [-0.15, -0.1) is 0 Å². The molecule has 2 amide bonds. The van der Waals surface area contributed by atoms with Crippen LogP contribution < -0.4 is 16.8 Å². The first-order chi connectivity index (χ1) is 8.90. The highest BCUT2D eigenvalue weighted by Crippen LogP contribution is 2.23. The number of hydrogen-bond acceptors (Lipinski definition) is 4. The van der Waals surface area contributed by atoms with Crippen LogP contribution in [0, 0.1) is 5.92 Å². The van der Waals surface area contributed by atoms with Gasteiger partial charge in [-0.25, -0.2) is 4.79 Å². The monoisotopic (exact) mass is 271 g/mol. The van der Waals surface area contributed by atoms with E-state index in [-0.39, 0.29) is 30.7 Å². The summed E-state index contributed by atoms with van der Waals surface area (Å²) in [4.78, 5) is 33.6. The third-order valence-electron chi connectivity index (χ3n) is 3.38. The molecule has 7 nitrogen and oxygen atoms in total. The zero-order valence-electron chi connectivity index (χ0n) is 10.8. The zero-order valence-corrected chi connectivity index (χ0v) is 10.8. The molecule has 0 aromatic carbocycles. The second kappa shape index (κ2) is 7.08. The Morgan fingerprint density at radius 3 is 2.53 bits per heavy atom. The Hall–Kier alpha value is -1.63. The van der Waals surface area contributed by atoms with Crippen molar-refractivity contribution in [1.82, 2.24) is 5.32 Å². The minimum Gasteiger partial charge on any atom is -0.480 e. The number of carboxylic acids is 1. The molecule has 0 heterocycles. The second-order valence-corrected chi connectivity index (χ2v) is 5.03. The molecule has 0 aliphatic heterocycles. The second-order valence-electron chi connectivity index (χ2n) is 5.03. The highest BCUT2D eigenvalue weighted by Gasteiger charge is 2.28. The molecule has 6 N–H and O–H groups in total. The summed E-state index contributed by atoms with van der Waals surface area (Å²) in [6.07, 6.45) is 3.01. The van der Waals surface area contributed by atoms with E-state index in [1.165, 1.54) is 0 Å². The molecule has 0 radical (unpaired) electrons.